The van der Waals surface area contributed by atoms with Gasteiger partial charge in [0.1, 0.15) is 0 Å². The van der Waals surface area contributed by atoms with Crippen molar-refractivity contribution in [1.82, 2.24) is 5.32 Å². The summed E-state index contributed by atoms with van der Waals surface area (Å²) < 4.78 is 0. The lowest BCUT2D eigenvalue weighted by molar-refractivity contribution is 0.0109. The Hall–Kier alpha value is -1.37. The number of nitrogens with zero attached hydrogens (tertiary/aromatic N) is 1. The lowest BCUT2D eigenvalue weighted by Gasteiger charge is -2.32. The molecular weight excluding hydrogens is 200 g/mol. The largest absolute Gasteiger partial charge is 0.389 e. The fourth-order valence-corrected chi connectivity index (χ4v) is 2.20. The molecule has 84 valence electrons. The summed E-state index contributed by atoms with van der Waals surface area (Å²) in [7, 11) is 0. The molecule has 2 N–H and O–H groups in total. The lowest BCUT2D eigenvalue weighted by Crippen LogP contribution is -2.43. The number of benzene rings is 1. The molecule has 3 nitrogen and oxygen atoms in total. The van der Waals surface area contributed by atoms with Crippen molar-refractivity contribution in [2.24, 2.45) is 0 Å². The minimum Gasteiger partial charge on any atom is -0.389 e. The molecule has 1 aromatic carbocycles. The van der Waals surface area contributed by atoms with Gasteiger partial charge < -0.3 is 10.4 Å². The first-order valence-electron chi connectivity index (χ1n) is 5.64. The molecule has 0 radical (unpaired) electrons. The van der Waals surface area contributed by atoms with Crippen LogP contribution in [0.5, 0.6) is 0 Å². The standard InChI is InChI=1S/C13H16N2O/c14-10-12-3-1-2-11(8-12)9-13(16)4-6-15-7-5-13/h1-3,8,15-16H,4-7,9H2. The molecule has 1 fully saturated rings. The van der Waals surface area contributed by atoms with Crippen LogP contribution in [0.15, 0.2) is 24.3 Å². The van der Waals surface area contributed by atoms with Crippen molar-refractivity contribution >= 4 is 0 Å². The van der Waals surface area contributed by atoms with Crippen molar-refractivity contribution in [3.05, 3.63) is 35.4 Å². The molecule has 1 aliphatic heterocycles. The fourth-order valence-electron chi connectivity index (χ4n) is 2.20. The van der Waals surface area contributed by atoms with Gasteiger partial charge in [0.25, 0.3) is 0 Å². The summed E-state index contributed by atoms with van der Waals surface area (Å²) in [6.07, 6.45) is 2.21. The lowest BCUT2D eigenvalue weighted by atomic mass is 9.86. The highest BCUT2D eigenvalue weighted by Gasteiger charge is 2.29. The Morgan fingerprint density at radius 2 is 2.12 bits per heavy atom. The predicted molar refractivity (Wildman–Crippen MR) is 61.9 cm³/mol. The average molecular weight is 216 g/mol. The number of piperidine rings is 1. The molecule has 1 aromatic rings. The van der Waals surface area contributed by atoms with E-state index in [0.717, 1.165) is 31.5 Å². The molecule has 0 bridgehead atoms. The van der Waals surface area contributed by atoms with Crippen molar-refractivity contribution in [2.45, 2.75) is 24.9 Å². The van der Waals surface area contributed by atoms with Crippen LogP contribution in [-0.4, -0.2) is 23.8 Å². The van der Waals surface area contributed by atoms with E-state index in [1.165, 1.54) is 0 Å². The normalized spacial score (nSPS) is 19.0. The zero-order chi connectivity index (χ0) is 11.4. The highest BCUT2D eigenvalue weighted by molar-refractivity contribution is 5.33. The first-order valence-corrected chi connectivity index (χ1v) is 5.64. The van der Waals surface area contributed by atoms with E-state index in [4.69, 9.17) is 5.26 Å². The van der Waals surface area contributed by atoms with Crippen LogP contribution in [-0.2, 0) is 6.42 Å². The fraction of sp³-hybridized carbons (Fsp3) is 0.462. The summed E-state index contributed by atoms with van der Waals surface area (Å²) in [5, 5.41) is 22.4. The van der Waals surface area contributed by atoms with Crippen LogP contribution < -0.4 is 5.32 Å². The topological polar surface area (TPSA) is 56.0 Å². The van der Waals surface area contributed by atoms with Gasteiger partial charge in [-0.25, -0.2) is 0 Å². The average Bonchev–Trinajstić information content (AvgIpc) is 2.29. The Balaban J connectivity index is 2.10. The van der Waals surface area contributed by atoms with Gasteiger partial charge in [-0.1, -0.05) is 12.1 Å². The number of hydrogen-bond acceptors (Lipinski definition) is 3. The molecular formula is C13H16N2O. The molecule has 2 rings (SSSR count). The Morgan fingerprint density at radius 3 is 2.81 bits per heavy atom. The second kappa shape index (κ2) is 4.65. The van der Waals surface area contributed by atoms with Crippen molar-refractivity contribution < 1.29 is 5.11 Å². The second-order valence-electron chi connectivity index (χ2n) is 4.46. The third-order valence-corrected chi connectivity index (χ3v) is 3.12. The summed E-state index contributed by atoms with van der Waals surface area (Å²) in [5.74, 6) is 0. The minimum absolute atomic E-state index is 0.598. The molecule has 16 heavy (non-hydrogen) atoms. The Labute approximate surface area is 95.7 Å². The van der Waals surface area contributed by atoms with Crippen LogP contribution in [0.25, 0.3) is 0 Å². The van der Waals surface area contributed by atoms with Gasteiger partial charge in [-0.15, -0.1) is 0 Å². The van der Waals surface area contributed by atoms with Crippen LogP contribution in [0.1, 0.15) is 24.0 Å². The molecule has 0 aromatic heterocycles. The van der Waals surface area contributed by atoms with Gasteiger partial charge in [0, 0.05) is 6.42 Å². The van der Waals surface area contributed by atoms with Gasteiger partial charge in [0.2, 0.25) is 0 Å². The first kappa shape index (κ1) is 11.1. The van der Waals surface area contributed by atoms with Crippen molar-refractivity contribution in [3.63, 3.8) is 0 Å². The van der Waals surface area contributed by atoms with Crippen LogP contribution >= 0.6 is 0 Å². The smallest absolute Gasteiger partial charge is 0.0991 e. The van der Waals surface area contributed by atoms with E-state index in [0.29, 0.717) is 12.0 Å². The molecule has 0 amide bonds. The number of aliphatic hydroxyl groups is 1. The highest BCUT2D eigenvalue weighted by atomic mass is 16.3. The summed E-state index contributed by atoms with van der Waals surface area (Å²) in [4.78, 5) is 0. The Kier molecular flexibility index (Phi) is 3.23. The van der Waals surface area contributed by atoms with E-state index in [9.17, 15) is 5.11 Å². The maximum Gasteiger partial charge on any atom is 0.0991 e. The monoisotopic (exact) mass is 216 g/mol. The van der Waals surface area contributed by atoms with Crippen LogP contribution in [0, 0.1) is 11.3 Å². The van der Waals surface area contributed by atoms with Crippen molar-refractivity contribution in [2.75, 3.05) is 13.1 Å². The van der Waals surface area contributed by atoms with Crippen molar-refractivity contribution in [1.29, 1.82) is 5.26 Å². The molecule has 0 saturated carbocycles. The van der Waals surface area contributed by atoms with Gasteiger partial charge >= 0.3 is 0 Å². The summed E-state index contributed by atoms with van der Waals surface area (Å²) in [6, 6.07) is 9.62. The quantitative estimate of drug-likeness (QED) is 0.781. The van der Waals surface area contributed by atoms with E-state index >= 15 is 0 Å². The molecule has 1 aliphatic rings. The molecule has 1 saturated heterocycles. The first-order chi connectivity index (χ1) is 7.72. The third kappa shape index (κ3) is 2.60. The molecule has 3 heteroatoms. The zero-order valence-electron chi connectivity index (χ0n) is 9.24. The summed E-state index contributed by atoms with van der Waals surface area (Å²) >= 11 is 0. The molecule has 0 aliphatic carbocycles. The maximum absolute atomic E-state index is 10.4. The van der Waals surface area contributed by atoms with E-state index in [1.807, 2.05) is 18.2 Å². The molecule has 0 spiro atoms. The SMILES string of the molecule is N#Cc1cccc(CC2(O)CCNCC2)c1. The van der Waals surface area contributed by atoms with Crippen LogP contribution in [0.4, 0.5) is 0 Å². The maximum atomic E-state index is 10.4. The summed E-state index contributed by atoms with van der Waals surface area (Å²) in [6.45, 7) is 1.74. The predicted octanol–water partition coefficient (Wildman–Crippen LogP) is 1.22. The van der Waals surface area contributed by atoms with E-state index in [2.05, 4.69) is 11.4 Å². The minimum atomic E-state index is -0.598. The molecule has 0 atom stereocenters. The van der Waals surface area contributed by atoms with Gasteiger partial charge in [0.05, 0.1) is 17.2 Å². The van der Waals surface area contributed by atoms with Gasteiger partial charge in [-0.2, -0.15) is 5.26 Å². The van der Waals surface area contributed by atoms with Gasteiger partial charge in [-0.05, 0) is 43.6 Å². The number of nitriles is 1. The molecule has 0 unspecified atom stereocenters. The van der Waals surface area contributed by atoms with Crippen molar-refractivity contribution in [3.8, 4) is 6.07 Å². The third-order valence-electron chi connectivity index (χ3n) is 3.12. The Morgan fingerprint density at radius 1 is 1.38 bits per heavy atom. The summed E-state index contributed by atoms with van der Waals surface area (Å²) in [5.41, 5.74) is 1.11. The number of nitrogens with one attached hydrogen (secondary N) is 1. The molecule has 1 heterocycles. The Bertz CT molecular complexity index is 403. The van der Waals surface area contributed by atoms with Crippen LogP contribution in [0.3, 0.4) is 0 Å². The second-order valence-corrected chi connectivity index (χ2v) is 4.46. The van der Waals surface area contributed by atoms with E-state index < -0.39 is 5.60 Å². The van der Waals surface area contributed by atoms with Gasteiger partial charge in [-0.3, -0.25) is 0 Å². The van der Waals surface area contributed by atoms with E-state index in [1.54, 1.807) is 6.07 Å². The number of rotatable bonds is 2. The zero-order valence-corrected chi connectivity index (χ0v) is 9.24. The van der Waals surface area contributed by atoms with Crippen LogP contribution in [0.2, 0.25) is 0 Å². The van der Waals surface area contributed by atoms with Gasteiger partial charge in [0.15, 0.2) is 0 Å². The highest BCUT2D eigenvalue weighted by Crippen LogP contribution is 2.23. The number of hydrogen-bond donors (Lipinski definition) is 2. The van der Waals surface area contributed by atoms with E-state index in [-0.39, 0.29) is 0 Å².